The number of amides is 1. The van der Waals surface area contributed by atoms with Crippen LogP contribution in [0.2, 0.25) is 0 Å². The van der Waals surface area contributed by atoms with Crippen LogP contribution in [0.15, 0.2) is 6.07 Å². The van der Waals surface area contributed by atoms with Gasteiger partial charge in [-0.25, -0.2) is 0 Å². The average Bonchev–Trinajstić information content (AvgIpc) is 2.58. The number of nitrogens with two attached hydrogens (primary N) is 1. The molecule has 2 heterocycles. The minimum Gasteiger partial charge on any atom is -0.382 e. The summed E-state index contributed by atoms with van der Waals surface area (Å²) in [4.78, 5) is 13.7. The molecule has 1 aliphatic rings. The summed E-state index contributed by atoms with van der Waals surface area (Å²) in [6.07, 6.45) is 0. The second kappa shape index (κ2) is 3.90. The average molecular weight is 210 g/mol. The van der Waals surface area contributed by atoms with E-state index < -0.39 is 0 Å². The second-order valence-electron chi connectivity index (χ2n) is 3.48. The molecule has 82 valence electrons. The number of carbonyl (C=O) groups excluding carboxylic acids is 1. The largest absolute Gasteiger partial charge is 0.382 e. The Labute approximate surface area is 87.6 Å². The van der Waals surface area contributed by atoms with Crippen molar-refractivity contribution < 1.29 is 9.53 Å². The van der Waals surface area contributed by atoms with E-state index >= 15 is 0 Å². The maximum atomic E-state index is 12.0. The Morgan fingerprint density at radius 3 is 2.73 bits per heavy atom. The van der Waals surface area contributed by atoms with Gasteiger partial charge in [-0.05, 0) is 0 Å². The number of nitrogen functional groups attached to an aromatic ring is 1. The first kappa shape index (κ1) is 9.97. The summed E-state index contributed by atoms with van der Waals surface area (Å²) < 4.78 is 6.69. The summed E-state index contributed by atoms with van der Waals surface area (Å²) in [6.45, 7) is 2.45. The number of hydrogen-bond donors (Lipinski definition) is 1. The van der Waals surface area contributed by atoms with Crippen molar-refractivity contribution >= 4 is 11.7 Å². The van der Waals surface area contributed by atoms with Crippen LogP contribution in [0.1, 0.15) is 10.5 Å². The first-order valence-corrected chi connectivity index (χ1v) is 4.85. The second-order valence-corrected chi connectivity index (χ2v) is 3.48. The molecule has 1 saturated heterocycles. The molecule has 1 fully saturated rings. The van der Waals surface area contributed by atoms with Crippen LogP contribution in [0.3, 0.4) is 0 Å². The molecule has 0 bridgehead atoms. The highest BCUT2D eigenvalue weighted by atomic mass is 16.5. The zero-order chi connectivity index (χ0) is 10.8. The van der Waals surface area contributed by atoms with Gasteiger partial charge in [-0.15, -0.1) is 0 Å². The van der Waals surface area contributed by atoms with E-state index in [4.69, 9.17) is 10.5 Å². The number of carbonyl (C=O) groups is 1. The van der Waals surface area contributed by atoms with Gasteiger partial charge in [0.2, 0.25) is 0 Å². The lowest BCUT2D eigenvalue weighted by molar-refractivity contribution is 0.0295. The molecular formula is C9H14N4O2. The Morgan fingerprint density at radius 1 is 1.53 bits per heavy atom. The van der Waals surface area contributed by atoms with Gasteiger partial charge in [0.1, 0.15) is 11.5 Å². The van der Waals surface area contributed by atoms with Crippen LogP contribution in [0.25, 0.3) is 0 Å². The number of rotatable bonds is 1. The van der Waals surface area contributed by atoms with Gasteiger partial charge in [0, 0.05) is 26.2 Å². The van der Waals surface area contributed by atoms with Crippen molar-refractivity contribution in [1.82, 2.24) is 14.7 Å². The van der Waals surface area contributed by atoms with E-state index in [1.807, 2.05) is 0 Å². The molecule has 1 aromatic heterocycles. The van der Waals surface area contributed by atoms with Crippen LogP contribution in [0.5, 0.6) is 0 Å². The number of aromatic nitrogens is 2. The third kappa shape index (κ3) is 1.94. The molecule has 1 amide bonds. The van der Waals surface area contributed by atoms with E-state index in [0.717, 1.165) is 0 Å². The van der Waals surface area contributed by atoms with Crippen LogP contribution in [0, 0.1) is 0 Å². The molecule has 0 saturated carbocycles. The van der Waals surface area contributed by atoms with E-state index in [0.29, 0.717) is 37.8 Å². The van der Waals surface area contributed by atoms with Crippen molar-refractivity contribution in [2.45, 2.75) is 0 Å². The summed E-state index contributed by atoms with van der Waals surface area (Å²) in [5.74, 6) is 0.333. The predicted octanol–water partition coefficient (Wildman–Crippen LogP) is -0.525. The number of hydrogen-bond acceptors (Lipinski definition) is 4. The number of anilines is 1. The molecule has 1 aromatic rings. The molecule has 2 N–H and O–H groups in total. The van der Waals surface area contributed by atoms with E-state index in [2.05, 4.69) is 5.10 Å². The molecule has 15 heavy (non-hydrogen) atoms. The topological polar surface area (TPSA) is 73.4 Å². The zero-order valence-corrected chi connectivity index (χ0v) is 8.64. The first-order valence-electron chi connectivity index (χ1n) is 4.85. The van der Waals surface area contributed by atoms with Crippen LogP contribution in [-0.2, 0) is 11.8 Å². The van der Waals surface area contributed by atoms with Crippen LogP contribution in [0.4, 0.5) is 5.82 Å². The number of ether oxygens (including phenoxy) is 1. The van der Waals surface area contributed by atoms with Crippen molar-refractivity contribution in [3.63, 3.8) is 0 Å². The highest BCUT2D eigenvalue weighted by Crippen LogP contribution is 2.09. The molecule has 0 aliphatic carbocycles. The molecule has 6 heteroatoms. The van der Waals surface area contributed by atoms with Crippen LogP contribution < -0.4 is 5.73 Å². The Bertz CT molecular complexity index is 368. The van der Waals surface area contributed by atoms with Gasteiger partial charge >= 0.3 is 0 Å². The van der Waals surface area contributed by atoms with Gasteiger partial charge in [0.25, 0.3) is 5.91 Å². The van der Waals surface area contributed by atoms with Gasteiger partial charge < -0.3 is 15.4 Å². The van der Waals surface area contributed by atoms with Crippen LogP contribution >= 0.6 is 0 Å². The molecule has 0 spiro atoms. The lowest BCUT2D eigenvalue weighted by atomic mass is 10.3. The molecule has 6 nitrogen and oxygen atoms in total. The minimum absolute atomic E-state index is 0.0370. The van der Waals surface area contributed by atoms with Crippen molar-refractivity contribution in [2.24, 2.45) is 7.05 Å². The Kier molecular flexibility index (Phi) is 2.59. The summed E-state index contributed by atoms with van der Waals surface area (Å²) in [7, 11) is 1.71. The van der Waals surface area contributed by atoms with Gasteiger partial charge in [0.15, 0.2) is 0 Å². The smallest absolute Gasteiger partial charge is 0.272 e. The van der Waals surface area contributed by atoms with Crippen molar-refractivity contribution in [1.29, 1.82) is 0 Å². The quantitative estimate of drug-likeness (QED) is 0.676. The van der Waals surface area contributed by atoms with Gasteiger partial charge in [0.05, 0.1) is 13.2 Å². The van der Waals surface area contributed by atoms with E-state index in [9.17, 15) is 4.79 Å². The highest BCUT2D eigenvalue weighted by molar-refractivity contribution is 5.93. The molecule has 0 radical (unpaired) electrons. The Morgan fingerprint density at radius 2 is 2.20 bits per heavy atom. The molecule has 1 aliphatic heterocycles. The monoisotopic (exact) mass is 210 g/mol. The lowest BCUT2D eigenvalue weighted by Gasteiger charge is -2.26. The molecule has 2 rings (SSSR count). The van der Waals surface area contributed by atoms with Crippen molar-refractivity contribution in [3.8, 4) is 0 Å². The minimum atomic E-state index is -0.0370. The summed E-state index contributed by atoms with van der Waals surface area (Å²) in [6, 6.07) is 1.60. The summed E-state index contributed by atoms with van der Waals surface area (Å²) in [5, 5.41) is 3.94. The van der Waals surface area contributed by atoms with Crippen molar-refractivity contribution in [3.05, 3.63) is 11.8 Å². The van der Waals surface area contributed by atoms with Gasteiger partial charge in [-0.1, -0.05) is 0 Å². The number of morpholine rings is 1. The highest BCUT2D eigenvalue weighted by Gasteiger charge is 2.21. The molecule has 0 atom stereocenters. The zero-order valence-electron chi connectivity index (χ0n) is 8.64. The lowest BCUT2D eigenvalue weighted by Crippen LogP contribution is -2.41. The van der Waals surface area contributed by atoms with E-state index in [-0.39, 0.29) is 5.91 Å². The standard InChI is InChI=1S/C9H14N4O2/c1-12-7(6-8(10)11-12)9(14)13-2-4-15-5-3-13/h6H,2-5H2,1H3,(H2,10,11). The Balaban J connectivity index is 2.16. The fraction of sp³-hybridized carbons (Fsp3) is 0.556. The first-order chi connectivity index (χ1) is 7.18. The maximum Gasteiger partial charge on any atom is 0.272 e. The fourth-order valence-electron chi connectivity index (χ4n) is 1.62. The maximum absolute atomic E-state index is 12.0. The SMILES string of the molecule is Cn1nc(N)cc1C(=O)N1CCOCC1. The molecular weight excluding hydrogens is 196 g/mol. The number of aryl methyl sites for hydroxylation is 1. The third-order valence-corrected chi connectivity index (χ3v) is 2.42. The molecule has 0 unspecified atom stereocenters. The van der Waals surface area contributed by atoms with Crippen molar-refractivity contribution in [2.75, 3.05) is 32.0 Å². The summed E-state index contributed by atoms with van der Waals surface area (Å²) >= 11 is 0. The fourth-order valence-corrected chi connectivity index (χ4v) is 1.62. The van der Waals surface area contributed by atoms with Gasteiger partial charge in [-0.2, -0.15) is 5.10 Å². The van der Waals surface area contributed by atoms with E-state index in [1.165, 1.54) is 4.68 Å². The Hall–Kier alpha value is -1.56. The van der Waals surface area contributed by atoms with Crippen LogP contribution in [-0.4, -0.2) is 46.9 Å². The third-order valence-electron chi connectivity index (χ3n) is 2.42. The molecule has 0 aromatic carbocycles. The van der Waals surface area contributed by atoms with Gasteiger partial charge in [-0.3, -0.25) is 9.48 Å². The normalized spacial score (nSPS) is 16.7. The number of nitrogens with zero attached hydrogens (tertiary/aromatic N) is 3. The summed E-state index contributed by atoms with van der Waals surface area (Å²) in [5.41, 5.74) is 6.04. The van der Waals surface area contributed by atoms with E-state index in [1.54, 1.807) is 18.0 Å². The predicted molar refractivity (Wildman–Crippen MR) is 54.3 cm³/mol.